The predicted octanol–water partition coefficient (Wildman–Crippen LogP) is 3.57. The van der Waals surface area contributed by atoms with Gasteiger partial charge in [-0.1, -0.05) is 47.2 Å². The number of benzene rings is 1. The molecule has 1 N–H and O–H groups in total. The first-order chi connectivity index (χ1) is 11.5. The fraction of sp³-hybridized carbons (Fsp3) is 0.222. The van der Waals surface area contributed by atoms with Gasteiger partial charge in [-0.15, -0.1) is 11.3 Å². The van der Waals surface area contributed by atoms with Crippen LogP contribution in [0.1, 0.15) is 31.4 Å². The molecule has 0 unspecified atom stereocenters. The second-order valence-electron chi connectivity index (χ2n) is 5.62. The highest BCUT2D eigenvalue weighted by molar-refractivity contribution is 7.11. The van der Waals surface area contributed by atoms with Crippen LogP contribution in [0.2, 0.25) is 0 Å². The molecule has 0 aliphatic carbocycles. The van der Waals surface area contributed by atoms with Gasteiger partial charge in [0.1, 0.15) is 4.88 Å². The zero-order chi connectivity index (χ0) is 17.1. The van der Waals surface area contributed by atoms with E-state index in [1.807, 2.05) is 55.6 Å². The molecule has 4 nitrogen and oxygen atoms in total. The third-order valence-corrected chi connectivity index (χ3v) is 5.77. The summed E-state index contributed by atoms with van der Waals surface area (Å²) in [6.45, 7) is 4.83. The molecule has 3 aromatic rings. The molecule has 6 heteroatoms. The van der Waals surface area contributed by atoms with E-state index in [1.165, 1.54) is 5.56 Å². The molecule has 0 atom stereocenters. The first kappa shape index (κ1) is 16.7. The molecule has 0 spiro atoms. The fourth-order valence-corrected chi connectivity index (χ4v) is 3.96. The van der Waals surface area contributed by atoms with Gasteiger partial charge in [0.2, 0.25) is 0 Å². The van der Waals surface area contributed by atoms with Gasteiger partial charge in [0.25, 0.3) is 5.91 Å². The molecule has 24 heavy (non-hydrogen) atoms. The predicted molar refractivity (Wildman–Crippen MR) is 99.1 cm³/mol. The Morgan fingerprint density at radius 1 is 1.17 bits per heavy atom. The number of nitrogens with one attached hydrogen (secondary N) is 1. The summed E-state index contributed by atoms with van der Waals surface area (Å²) in [5.41, 5.74) is 2.95. The van der Waals surface area contributed by atoms with Gasteiger partial charge in [-0.3, -0.25) is 14.2 Å². The van der Waals surface area contributed by atoms with E-state index in [2.05, 4.69) is 5.32 Å². The number of nitrogens with zero attached hydrogens (tertiary/aromatic N) is 1. The van der Waals surface area contributed by atoms with Crippen LogP contribution in [0.15, 0.2) is 46.6 Å². The Morgan fingerprint density at radius 3 is 2.58 bits per heavy atom. The number of aryl methyl sites for hydroxylation is 1. The van der Waals surface area contributed by atoms with Gasteiger partial charge in [0, 0.05) is 10.6 Å². The molecular formula is C18H18N2O2S2. The lowest BCUT2D eigenvalue weighted by Crippen LogP contribution is -2.22. The smallest absolute Gasteiger partial charge is 0.308 e. The molecule has 2 heterocycles. The van der Waals surface area contributed by atoms with Crippen LogP contribution < -0.4 is 10.2 Å². The van der Waals surface area contributed by atoms with E-state index >= 15 is 0 Å². The molecule has 0 fully saturated rings. The molecule has 0 radical (unpaired) electrons. The normalized spacial score (nSPS) is 10.8. The van der Waals surface area contributed by atoms with Crippen LogP contribution in [0.4, 0.5) is 0 Å². The van der Waals surface area contributed by atoms with Crippen molar-refractivity contribution in [1.82, 2.24) is 9.88 Å². The molecule has 0 saturated carbocycles. The summed E-state index contributed by atoms with van der Waals surface area (Å²) >= 11 is 2.60. The van der Waals surface area contributed by atoms with Gasteiger partial charge in [-0.05, 0) is 30.9 Å². The Hall–Kier alpha value is -2.18. The largest absolute Gasteiger partial charge is 0.346 e. The molecule has 3 rings (SSSR count). The van der Waals surface area contributed by atoms with Gasteiger partial charge in [0.15, 0.2) is 0 Å². The molecule has 2 aromatic heterocycles. The maximum absolute atomic E-state index is 12.4. The molecule has 124 valence electrons. The average molecular weight is 358 g/mol. The topological polar surface area (TPSA) is 51.1 Å². The van der Waals surface area contributed by atoms with Gasteiger partial charge in [-0.25, -0.2) is 0 Å². The molecule has 0 bridgehead atoms. The Kier molecular flexibility index (Phi) is 4.97. The van der Waals surface area contributed by atoms with Crippen LogP contribution in [0, 0.1) is 13.8 Å². The minimum absolute atomic E-state index is 0.102. The van der Waals surface area contributed by atoms with E-state index < -0.39 is 0 Å². The van der Waals surface area contributed by atoms with E-state index in [1.54, 1.807) is 15.9 Å². The summed E-state index contributed by atoms with van der Waals surface area (Å²) in [5.74, 6) is -0.189. The first-order valence-electron chi connectivity index (χ1n) is 7.61. The monoisotopic (exact) mass is 358 g/mol. The fourth-order valence-electron chi connectivity index (χ4n) is 2.41. The lowest BCUT2D eigenvalue weighted by Gasteiger charge is -2.07. The standard InChI is InChI=1S/C18H18N2O2S2/c1-12-5-7-14(8-6-12)11-20-13(2)16(24-18(20)22)17(21)19-10-15-4-3-9-23-15/h3-9H,10-11H2,1-2H3,(H,19,21). The van der Waals surface area contributed by atoms with E-state index in [-0.39, 0.29) is 10.8 Å². The van der Waals surface area contributed by atoms with Crippen LogP contribution in [-0.4, -0.2) is 10.5 Å². The number of carbonyl (C=O) groups is 1. The maximum Gasteiger partial charge on any atom is 0.308 e. The second-order valence-corrected chi connectivity index (χ2v) is 7.61. The van der Waals surface area contributed by atoms with Crippen molar-refractivity contribution < 1.29 is 4.79 Å². The minimum Gasteiger partial charge on any atom is -0.346 e. The Morgan fingerprint density at radius 2 is 1.92 bits per heavy atom. The van der Waals surface area contributed by atoms with Crippen molar-refractivity contribution in [2.45, 2.75) is 26.9 Å². The van der Waals surface area contributed by atoms with E-state index in [0.717, 1.165) is 21.8 Å². The number of aromatic nitrogens is 1. The van der Waals surface area contributed by atoms with Gasteiger partial charge < -0.3 is 5.32 Å². The summed E-state index contributed by atoms with van der Waals surface area (Å²) in [5, 5.41) is 4.86. The number of carbonyl (C=O) groups excluding carboxylic acids is 1. The van der Waals surface area contributed by atoms with Crippen LogP contribution in [-0.2, 0) is 13.1 Å². The highest BCUT2D eigenvalue weighted by atomic mass is 32.1. The zero-order valence-corrected chi connectivity index (χ0v) is 15.2. The minimum atomic E-state index is -0.189. The number of rotatable bonds is 5. The SMILES string of the molecule is Cc1ccc(Cn2c(C)c(C(=O)NCc3cccs3)sc2=O)cc1. The number of thiazole rings is 1. The lowest BCUT2D eigenvalue weighted by molar-refractivity contribution is 0.0954. The van der Waals surface area contributed by atoms with Gasteiger partial charge >= 0.3 is 4.87 Å². The van der Waals surface area contributed by atoms with Crippen LogP contribution in [0.25, 0.3) is 0 Å². The van der Waals surface area contributed by atoms with Gasteiger partial charge in [0.05, 0.1) is 13.1 Å². The Bertz CT molecular complexity index is 890. The summed E-state index contributed by atoms with van der Waals surface area (Å²) in [4.78, 5) is 26.1. The van der Waals surface area contributed by atoms with Crippen LogP contribution in [0.3, 0.4) is 0 Å². The quantitative estimate of drug-likeness (QED) is 0.758. The summed E-state index contributed by atoms with van der Waals surface area (Å²) in [6, 6.07) is 12.0. The number of hydrogen-bond donors (Lipinski definition) is 1. The number of thiophene rings is 1. The highest BCUT2D eigenvalue weighted by Crippen LogP contribution is 2.15. The summed E-state index contributed by atoms with van der Waals surface area (Å²) < 4.78 is 1.66. The number of hydrogen-bond acceptors (Lipinski definition) is 4. The number of amides is 1. The van der Waals surface area contributed by atoms with E-state index in [0.29, 0.717) is 23.7 Å². The van der Waals surface area contributed by atoms with Crippen LogP contribution >= 0.6 is 22.7 Å². The van der Waals surface area contributed by atoms with Gasteiger partial charge in [-0.2, -0.15) is 0 Å². The molecule has 0 aliphatic rings. The van der Waals surface area contributed by atoms with Crippen molar-refractivity contribution in [3.63, 3.8) is 0 Å². The third-order valence-electron chi connectivity index (χ3n) is 3.81. The van der Waals surface area contributed by atoms with Crippen molar-refractivity contribution in [2.24, 2.45) is 0 Å². The average Bonchev–Trinajstić information content (AvgIpc) is 3.18. The van der Waals surface area contributed by atoms with Crippen LogP contribution in [0.5, 0.6) is 0 Å². The zero-order valence-electron chi connectivity index (χ0n) is 13.5. The van der Waals surface area contributed by atoms with Crippen molar-refractivity contribution in [3.8, 4) is 0 Å². The molecule has 0 saturated heterocycles. The Labute approximate surface area is 148 Å². The van der Waals surface area contributed by atoms with E-state index in [9.17, 15) is 9.59 Å². The molecule has 1 amide bonds. The molecule has 0 aliphatic heterocycles. The summed E-state index contributed by atoms with van der Waals surface area (Å²) in [7, 11) is 0. The second kappa shape index (κ2) is 7.15. The van der Waals surface area contributed by atoms with E-state index in [4.69, 9.17) is 0 Å². The lowest BCUT2D eigenvalue weighted by atomic mass is 10.1. The summed E-state index contributed by atoms with van der Waals surface area (Å²) in [6.07, 6.45) is 0. The van der Waals surface area contributed by atoms with Crippen molar-refractivity contribution in [2.75, 3.05) is 0 Å². The maximum atomic E-state index is 12.4. The van der Waals surface area contributed by atoms with Crippen molar-refractivity contribution in [1.29, 1.82) is 0 Å². The third kappa shape index (κ3) is 3.66. The highest BCUT2D eigenvalue weighted by Gasteiger charge is 2.17. The van der Waals surface area contributed by atoms with Crippen molar-refractivity contribution in [3.05, 3.63) is 78.0 Å². The van der Waals surface area contributed by atoms with Crippen molar-refractivity contribution >= 4 is 28.6 Å². The Balaban J connectivity index is 1.77. The molecule has 1 aromatic carbocycles. The molecular weight excluding hydrogens is 340 g/mol. The first-order valence-corrected chi connectivity index (χ1v) is 9.30.